The SMILES string of the molecule is O[C@H]1CO[C@H](Cn2cc(C3CC3)nn2)[C@@H]1NCc1ncc[nH]1. The van der Waals surface area contributed by atoms with E-state index in [1.165, 1.54) is 12.8 Å². The monoisotopic (exact) mass is 304 g/mol. The van der Waals surface area contributed by atoms with E-state index in [1.54, 1.807) is 12.4 Å². The summed E-state index contributed by atoms with van der Waals surface area (Å²) in [7, 11) is 0. The molecule has 0 unspecified atom stereocenters. The fourth-order valence-corrected chi connectivity index (χ4v) is 2.87. The van der Waals surface area contributed by atoms with Crippen molar-refractivity contribution in [2.45, 2.75) is 50.1 Å². The van der Waals surface area contributed by atoms with Gasteiger partial charge >= 0.3 is 0 Å². The molecule has 3 atom stereocenters. The van der Waals surface area contributed by atoms with Crippen LogP contribution >= 0.6 is 0 Å². The van der Waals surface area contributed by atoms with Gasteiger partial charge in [-0.1, -0.05) is 5.21 Å². The Bertz CT molecular complexity index is 609. The molecule has 1 saturated heterocycles. The quantitative estimate of drug-likeness (QED) is 0.683. The molecule has 118 valence electrons. The Labute approximate surface area is 127 Å². The lowest BCUT2D eigenvalue weighted by molar-refractivity contribution is 0.0741. The highest BCUT2D eigenvalue weighted by molar-refractivity contribution is 5.09. The summed E-state index contributed by atoms with van der Waals surface area (Å²) in [5, 5.41) is 21.8. The normalized spacial score (nSPS) is 28.3. The molecule has 1 aliphatic heterocycles. The van der Waals surface area contributed by atoms with Gasteiger partial charge in [0, 0.05) is 24.5 Å². The minimum atomic E-state index is -0.522. The van der Waals surface area contributed by atoms with Crippen molar-refractivity contribution in [3.63, 3.8) is 0 Å². The van der Waals surface area contributed by atoms with Gasteiger partial charge in [-0.05, 0) is 12.8 Å². The minimum Gasteiger partial charge on any atom is -0.389 e. The number of imidazole rings is 1. The molecule has 8 nitrogen and oxygen atoms in total. The van der Waals surface area contributed by atoms with E-state index >= 15 is 0 Å². The third-order valence-corrected chi connectivity index (χ3v) is 4.28. The molecule has 22 heavy (non-hydrogen) atoms. The molecular weight excluding hydrogens is 284 g/mol. The highest BCUT2D eigenvalue weighted by Crippen LogP contribution is 2.38. The van der Waals surface area contributed by atoms with Crippen LogP contribution in [0.4, 0.5) is 0 Å². The average molecular weight is 304 g/mol. The van der Waals surface area contributed by atoms with Crippen LogP contribution in [0.1, 0.15) is 30.3 Å². The van der Waals surface area contributed by atoms with E-state index in [9.17, 15) is 5.11 Å². The number of H-pyrrole nitrogens is 1. The number of aromatic nitrogens is 5. The maximum Gasteiger partial charge on any atom is 0.120 e. The third kappa shape index (κ3) is 2.90. The topological polar surface area (TPSA) is 101 Å². The Hall–Kier alpha value is -1.77. The van der Waals surface area contributed by atoms with Crippen LogP contribution in [0, 0.1) is 0 Å². The number of rotatable bonds is 6. The van der Waals surface area contributed by atoms with Gasteiger partial charge in [0.25, 0.3) is 0 Å². The summed E-state index contributed by atoms with van der Waals surface area (Å²) in [6.07, 6.45) is 7.27. The van der Waals surface area contributed by atoms with Gasteiger partial charge in [0.1, 0.15) is 5.82 Å². The van der Waals surface area contributed by atoms with Gasteiger partial charge in [0.15, 0.2) is 0 Å². The fourth-order valence-electron chi connectivity index (χ4n) is 2.87. The van der Waals surface area contributed by atoms with Gasteiger partial charge in [-0.25, -0.2) is 9.67 Å². The predicted molar refractivity (Wildman–Crippen MR) is 77.0 cm³/mol. The van der Waals surface area contributed by atoms with Crippen molar-refractivity contribution in [3.8, 4) is 0 Å². The summed E-state index contributed by atoms with van der Waals surface area (Å²) in [5.41, 5.74) is 1.07. The lowest BCUT2D eigenvalue weighted by Gasteiger charge is -2.21. The first kappa shape index (κ1) is 13.9. The zero-order valence-electron chi connectivity index (χ0n) is 12.2. The first-order valence-electron chi connectivity index (χ1n) is 7.71. The van der Waals surface area contributed by atoms with E-state index in [1.807, 2.05) is 10.9 Å². The summed E-state index contributed by atoms with van der Waals surface area (Å²) in [6, 6.07) is -0.140. The van der Waals surface area contributed by atoms with Crippen molar-refractivity contribution in [2.24, 2.45) is 0 Å². The number of nitrogens with one attached hydrogen (secondary N) is 2. The van der Waals surface area contributed by atoms with Crippen LogP contribution in [0.15, 0.2) is 18.6 Å². The van der Waals surface area contributed by atoms with Gasteiger partial charge in [0.2, 0.25) is 0 Å². The maximum atomic E-state index is 10.1. The van der Waals surface area contributed by atoms with Gasteiger partial charge in [-0.15, -0.1) is 5.10 Å². The summed E-state index contributed by atoms with van der Waals surface area (Å²) in [5.74, 6) is 1.44. The standard InChI is InChI=1S/C14H20N6O2/c21-11-8-22-12(14(11)17-5-13-15-3-4-16-13)7-20-6-10(18-19-20)9-1-2-9/h3-4,6,9,11-12,14,17,21H,1-2,5,7-8H2,(H,15,16)/t11-,12+,14+/m0/s1. The van der Waals surface area contributed by atoms with Crippen LogP contribution in [0.2, 0.25) is 0 Å². The van der Waals surface area contributed by atoms with Crippen LogP contribution in [0.3, 0.4) is 0 Å². The Morgan fingerprint density at radius 3 is 3.14 bits per heavy atom. The van der Waals surface area contributed by atoms with E-state index in [0.717, 1.165) is 11.5 Å². The second-order valence-corrected chi connectivity index (χ2v) is 6.02. The Balaban J connectivity index is 1.38. The van der Waals surface area contributed by atoms with E-state index in [0.29, 0.717) is 25.6 Å². The summed E-state index contributed by atoms with van der Waals surface area (Å²) in [6.45, 7) is 1.50. The van der Waals surface area contributed by atoms with Gasteiger partial charge in [-0.3, -0.25) is 0 Å². The summed E-state index contributed by atoms with van der Waals surface area (Å²) >= 11 is 0. The molecule has 2 aliphatic rings. The lowest BCUT2D eigenvalue weighted by Crippen LogP contribution is -2.45. The number of aliphatic hydroxyl groups excluding tert-OH is 1. The second kappa shape index (κ2) is 5.79. The number of hydrogen-bond donors (Lipinski definition) is 3. The third-order valence-electron chi connectivity index (χ3n) is 4.28. The van der Waals surface area contributed by atoms with E-state index in [2.05, 4.69) is 25.6 Å². The number of hydrogen-bond acceptors (Lipinski definition) is 6. The summed E-state index contributed by atoms with van der Waals surface area (Å²) < 4.78 is 7.52. The molecule has 0 aromatic carbocycles. The molecular formula is C14H20N6O2. The van der Waals surface area contributed by atoms with Crippen LogP contribution in [-0.4, -0.2) is 54.9 Å². The lowest BCUT2D eigenvalue weighted by atomic mass is 10.1. The highest BCUT2D eigenvalue weighted by atomic mass is 16.5. The Kier molecular flexibility index (Phi) is 3.65. The van der Waals surface area contributed by atoms with Crippen LogP contribution in [-0.2, 0) is 17.8 Å². The molecule has 1 aliphatic carbocycles. The number of nitrogens with zero attached hydrogens (tertiary/aromatic N) is 4. The molecule has 0 bridgehead atoms. The highest BCUT2D eigenvalue weighted by Gasteiger charge is 2.36. The molecule has 8 heteroatoms. The van der Waals surface area contributed by atoms with E-state index < -0.39 is 6.10 Å². The minimum absolute atomic E-state index is 0.126. The first-order chi connectivity index (χ1) is 10.8. The molecule has 0 amide bonds. The Morgan fingerprint density at radius 2 is 2.36 bits per heavy atom. The van der Waals surface area contributed by atoms with Crippen molar-refractivity contribution in [2.75, 3.05) is 6.61 Å². The van der Waals surface area contributed by atoms with Crippen LogP contribution < -0.4 is 5.32 Å². The molecule has 3 heterocycles. The number of aromatic amines is 1. The van der Waals surface area contributed by atoms with Crippen molar-refractivity contribution < 1.29 is 9.84 Å². The molecule has 2 fully saturated rings. The van der Waals surface area contributed by atoms with Crippen molar-refractivity contribution in [1.82, 2.24) is 30.3 Å². The van der Waals surface area contributed by atoms with Gasteiger partial charge < -0.3 is 20.1 Å². The molecule has 3 N–H and O–H groups in total. The second-order valence-electron chi connectivity index (χ2n) is 6.02. The molecule has 1 saturated carbocycles. The first-order valence-corrected chi connectivity index (χ1v) is 7.71. The van der Waals surface area contributed by atoms with Gasteiger partial charge in [0.05, 0.1) is 43.6 Å². The molecule has 2 aromatic heterocycles. The van der Waals surface area contributed by atoms with Crippen molar-refractivity contribution in [1.29, 1.82) is 0 Å². The average Bonchev–Trinajstić information content (AvgIpc) is 2.92. The maximum absolute atomic E-state index is 10.1. The van der Waals surface area contributed by atoms with E-state index in [-0.39, 0.29) is 12.1 Å². The molecule has 2 aromatic rings. The largest absolute Gasteiger partial charge is 0.389 e. The number of aliphatic hydroxyl groups is 1. The smallest absolute Gasteiger partial charge is 0.120 e. The molecule has 0 spiro atoms. The zero-order valence-corrected chi connectivity index (χ0v) is 12.2. The van der Waals surface area contributed by atoms with Crippen molar-refractivity contribution >= 4 is 0 Å². The van der Waals surface area contributed by atoms with Gasteiger partial charge in [-0.2, -0.15) is 0 Å². The summed E-state index contributed by atoms with van der Waals surface area (Å²) in [4.78, 5) is 7.21. The van der Waals surface area contributed by atoms with Crippen LogP contribution in [0.5, 0.6) is 0 Å². The predicted octanol–water partition coefficient (Wildman–Crippen LogP) is -0.203. The van der Waals surface area contributed by atoms with E-state index in [4.69, 9.17) is 4.74 Å². The Morgan fingerprint density at radius 1 is 1.45 bits per heavy atom. The zero-order chi connectivity index (χ0) is 14.9. The van der Waals surface area contributed by atoms with Crippen molar-refractivity contribution in [3.05, 3.63) is 30.1 Å². The fraction of sp³-hybridized carbons (Fsp3) is 0.643. The van der Waals surface area contributed by atoms with Crippen LogP contribution in [0.25, 0.3) is 0 Å². The number of ether oxygens (including phenoxy) is 1. The molecule has 4 rings (SSSR count). The molecule has 0 radical (unpaired) electrons.